The molecular formula is C13H29NOS. The third-order valence-corrected chi connectivity index (χ3v) is 4.33. The van der Waals surface area contributed by atoms with Crippen molar-refractivity contribution in [2.75, 3.05) is 12.4 Å². The highest BCUT2D eigenvalue weighted by atomic mass is 32.2. The zero-order chi connectivity index (χ0) is 12.8. The molecule has 0 radical (unpaired) electrons. The maximum absolute atomic E-state index is 9.34. The van der Waals surface area contributed by atoms with Crippen LogP contribution in [0.15, 0.2) is 0 Å². The number of nitrogens with one attached hydrogen (secondary N) is 1. The molecule has 0 aliphatic heterocycles. The Hall–Kier alpha value is 0.270. The molecule has 3 heteroatoms. The van der Waals surface area contributed by atoms with Crippen LogP contribution in [0, 0.1) is 5.92 Å². The van der Waals surface area contributed by atoms with Crippen molar-refractivity contribution in [2.45, 2.75) is 64.8 Å². The van der Waals surface area contributed by atoms with Gasteiger partial charge in [0.1, 0.15) is 0 Å². The molecule has 0 aromatic heterocycles. The van der Waals surface area contributed by atoms with Crippen LogP contribution in [0.5, 0.6) is 0 Å². The van der Waals surface area contributed by atoms with E-state index in [1.165, 1.54) is 0 Å². The first-order valence-electron chi connectivity index (χ1n) is 6.31. The molecular weight excluding hydrogens is 218 g/mol. The van der Waals surface area contributed by atoms with E-state index >= 15 is 0 Å². The van der Waals surface area contributed by atoms with Crippen molar-refractivity contribution < 1.29 is 5.11 Å². The van der Waals surface area contributed by atoms with Gasteiger partial charge in [0.2, 0.25) is 0 Å². The Balaban J connectivity index is 3.96. The van der Waals surface area contributed by atoms with Crippen LogP contribution in [-0.4, -0.2) is 34.3 Å². The van der Waals surface area contributed by atoms with Gasteiger partial charge in [0.05, 0.1) is 6.61 Å². The average Bonchev–Trinajstić information content (AvgIpc) is 2.21. The lowest BCUT2D eigenvalue weighted by atomic mass is 9.99. The SMILES string of the molecule is CCC(C)C(CO)NC(C)CSC(C)(C)C. The average molecular weight is 247 g/mol. The number of thioether (sulfide) groups is 1. The number of hydrogen-bond acceptors (Lipinski definition) is 3. The van der Waals surface area contributed by atoms with Gasteiger partial charge in [-0.05, 0) is 12.8 Å². The lowest BCUT2D eigenvalue weighted by molar-refractivity contribution is 0.195. The minimum absolute atomic E-state index is 0.236. The van der Waals surface area contributed by atoms with Crippen molar-refractivity contribution in [1.82, 2.24) is 5.32 Å². The summed E-state index contributed by atoms with van der Waals surface area (Å²) in [5.74, 6) is 1.63. The van der Waals surface area contributed by atoms with Crippen LogP contribution in [0.4, 0.5) is 0 Å². The van der Waals surface area contributed by atoms with Crippen molar-refractivity contribution in [2.24, 2.45) is 5.92 Å². The second-order valence-electron chi connectivity index (χ2n) is 5.67. The first-order valence-corrected chi connectivity index (χ1v) is 7.29. The third kappa shape index (κ3) is 7.53. The molecule has 2 N–H and O–H groups in total. The molecule has 2 nitrogen and oxygen atoms in total. The van der Waals surface area contributed by atoms with E-state index in [2.05, 4.69) is 46.9 Å². The lowest BCUT2D eigenvalue weighted by Crippen LogP contribution is -2.44. The molecule has 0 spiro atoms. The normalized spacial score (nSPS) is 18.2. The molecule has 98 valence electrons. The molecule has 0 amide bonds. The van der Waals surface area contributed by atoms with Crippen LogP contribution in [0.3, 0.4) is 0 Å². The molecule has 0 aliphatic rings. The molecule has 0 aromatic carbocycles. The van der Waals surface area contributed by atoms with Gasteiger partial charge in [-0.1, -0.05) is 41.0 Å². The summed E-state index contributed by atoms with van der Waals surface area (Å²) >= 11 is 1.97. The van der Waals surface area contributed by atoms with Crippen LogP contribution in [0.1, 0.15) is 48.0 Å². The van der Waals surface area contributed by atoms with E-state index in [-0.39, 0.29) is 12.6 Å². The van der Waals surface area contributed by atoms with E-state index in [4.69, 9.17) is 0 Å². The van der Waals surface area contributed by atoms with Gasteiger partial charge in [0.15, 0.2) is 0 Å². The fourth-order valence-corrected chi connectivity index (χ4v) is 2.32. The van der Waals surface area contributed by atoms with Crippen LogP contribution in [0.25, 0.3) is 0 Å². The highest BCUT2D eigenvalue weighted by Crippen LogP contribution is 2.23. The lowest BCUT2D eigenvalue weighted by Gasteiger charge is -2.28. The Bertz CT molecular complexity index is 179. The summed E-state index contributed by atoms with van der Waals surface area (Å²) in [4.78, 5) is 0. The van der Waals surface area contributed by atoms with Crippen molar-refractivity contribution in [3.8, 4) is 0 Å². The quantitative estimate of drug-likeness (QED) is 0.725. The largest absolute Gasteiger partial charge is 0.395 e. The molecule has 0 rings (SSSR count). The standard InChI is InChI=1S/C13H29NOS/c1-7-10(2)12(8-15)14-11(3)9-16-13(4,5)6/h10-12,14-15H,7-9H2,1-6H3. The number of rotatable bonds is 7. The van der Waals surface area contributed by atoms with E-state index in [0.29, 0.717) is 16.7 Å². The molecule has 3 unspecified atom stereocenters. The van der Waals surface area contributed by atoms with Crippen molar-refractivity contribution in [1.29, 1.82) is 0 Å². The summed E-state index contributed by atoms with van der Waals surface area (Å²) in [6, 6.07) is 0.691. The van der Waals surface area contributed by atoms with E-state index in [9.17, 15) is 5.11 Å². The fraction of sp³-hybridized carbons (Fsp3) is 1.00. The molecule has 0 heterocycles. The van der Waals surface area contributed by atoms with Crippen molar-refractivity contribution in [3.05, 3.63) is 0 Å². The summed E-state index contributed by atoms with van der Waals surface area (Å²) in [7, 11) is 0. The van der Waals surface area contributed by atoms with Gasteiger partial charge in [-0.2, -0.15) is 11.8 Å². The molecule has 0 saturated heterocycles. The topological polar surface area (TPSA) is 32.3 Å². The van der Waals surface area contributed by atoms with E-state index in [0.717, 1.165) is 12.2 Å². The molecule has 0 aliphatic carbocycles. The molecule has 0 aromatic rings. The predicted molar refractivity (Wildman–Crippen MR) is 75.1 cm³/mol. The van der Waals surface area contributed by atoms with Crippen molar-refractivity contribution >= 4 is 11.8 Å². The van der Waals surface area contributed by atoms with Crippen LogP contribution >= 0.6 is 11.8 Å². The monoisotopic (exact) mass is 247 g/mol. The Morgan fingerprint density at radius 2 is 1.81 bits per heavy atom. The van der Waals surface area contributed by atoms with Gasteiger partial charge in [0.25, 0.3) is 0 Å². The summed E-state index contributed by atoms with van der Waals surface area (Å²) in [6.07, 6.45) is 1.11. The Kier molecular flexibility index (Phi) is 7.70. The Labute approximate surface area is 106 Å². The van der Waals surface area contributed by atoms with Gasteiger partial charge in [0, 0.05) is 22.6 Å². The summed E-state index contributed by atoms with van der Waals surface area (Å²) in [5, 5.41) is 12.9. The van der Waals surface area contributed by atoms with Gasteiger partial charge >= 0.3 is 0 Å². The Morgan fingerprint density at radius 3 is 2.19 bits per heavy atom. The van der Waals surface area contributed by atoms with Gasteiger partial charge in [-0.15, -0.1) is 0 Å². The van der Waals surface area contributed by atoms with Gasteiger partial charge in [-0.25, -0.2) is 0 Å². The third-order valence-electron chi connectivity index (χ3n) is 2.79. The fourth-order valence-electron chi connectivity index (χ4n) is 1.47. The number of hydrogen-bond donors (Lipinski definition) is 2. The summed E-state index contributed by atoms with van der Waals surface area (Å²) in [5.41, 5.74) is 0. The molecule has 3 atom stereocenters. The Morgan fingerprint density at radius 1 is 1.25 bits per heavy atom. The molecule has 0 saturated carbocycles. The molecule has 0 fully saturated rings. The number of aliphatic hydroxyl groups excluding tert-OH is 1. The van der Waals surface area contributed by atoms with Gasteiger partial charge < -0.3 is 10.4 Å². The minimum Gasteiger partial charge on any atom is -0.395 e. The first kappa shape index (κ1) is 16.3. The first-order chi connectivity index (χ1) is 7.30. The zero-order valence-electron chi connectivity index (χ0n) is 11.7. The van der Waals surface area contributed by atoms with Crippen LogP contribution in [-0.2, 0) is 0 Å². The smallest absolute Gasteiger partial charge is 0.0587 e. The maximum atomic E-state index is 9.34. The number of aliphatic hydroxyl groups is 1. The van der Waals surface area contributed by atoms with Crippen LogP contribution < -0.4 is 5.32 Å². The van der Waals surface area contributed by atoms with E-state index < -0.39 is 0 Å². The maximum Gasteiger partial charge on any atom is 0.0587 e. The second-order valence-corrected chi connectivity index (χ2v) is 7.51. The molecule has 16 heavy (non-hydrogen) atoms. The van der Waals surface area contributed by atoms with Crippen LogP contribution in [0.2, 0.25) is 0 Å². The van der Waals surface area contributed by atoms with E-state index in [1.54, 1.807) is 0 Å². The predicted octanol–water partition coefficient (Wildman–Crippen LogP) is 2.90. The summed E-state index contributed by atoms with van der Waals surface area (Å²) in [6.45, 7) is 13.5. The second kappa shape index (κ2) is 7.57. The van der Waals surface area contributed by atoms with Crippen molar-refractivity contribution in [3.63, 3.8) is 0 Å². The van der Waals surface area contributed by atoms with E-state index in [1.807, 2.05) is 11.8 Å². The van der Waals surface area contributed by atoms with Gasteiger partial charge in [-0.3, -0.25) is 0 Å². The highest BCUT2D eigenvalue weighted by molar-refractivity contribution is 8.00. The zero-order valence-corrected chi connectivity index (χ0v) is 12.5. The summed E-state index contributed by atoms with van der Waals surface area (Å²) < 4.78 is 0.320. The molecule has 0 bridgehead atoms. The highest BCUT2D eigenvalue weighted by Gasteiger charge is 2.18. The minimum atomic E-state index is 0.236.